The number of thiophene rings is 1. The van der Waals surface area contributed by atoms with E-state index in [1.54, 1.807) is 11.5 Å². The number of carbonyl (C=O) groups is 1. The first-order chi connectivity index (χ1) is 15.5. The molecule has 0 radical (unpaired) electrons. The molecule has 178 valence electrons. The number of nitrogens with zero attached hydrogens (tertiary/aromatic N) is 5. The number of hydrogen-bond acceptors (Lipinski definition) is 7. The van der Waals surface area contributed by atoms with Crippen molar-refractivity contribution in [1.29, 1.82) is 0 Å². The van der Waals surface area contributed by atoms with Crippen molar-refractivity contribution in [2.45, 2.75) is 40.0 Å². The predicted molar refractivity (Wildman–Crippen MR) is 125 cm³/mol. The van der Waals surface area contributed by atoms with E-state index in [1.807, 2.05) is 13.8 Å². The maximum Gasteiger partial charge on any atom is 0.331 e. The number of aromatic nitrogens is 4. The normalized spacial score (nSPS) is 16.5. The standard InChI is InChI=1S/C20H23Cl2N5O5S/c1-9(2)5-26-19-14(17(29)24(4)20(26)31)13(18(30)27-6-11(28)8-32-27)12(33-19)7-25-10(3)23-15(21)16(25)22/h9,11,28H,5-8H2,1-4H3/t11-/m1/s1. The van der Waals surface area contributed by atoms with Gasteiger partial charge in [0.25, 0.3) is 11.5 Å². The van der Waals surface area contributed by atoms with Crippen LogP contribution in [-0.4, -0.2) is 54.0 Å². The molecule has 1 aliphatic heterocycles. The fraction of sp³-hybridized carbons (Fsp3) is 0.500. The zero-order valence-corrected chi connectivity index (χ0v) is 20.8. The Balaban J connectivity index is 2.01. The molecular weight excluding hydrogens is 493 g/mol. The van der Waals surface area contributed by atoms with Gasteiger partial charge < -0.3 is 9.67 Å². The maximum absolute atomic E-state index is 13.5. The van der Waals surface area contributed by atoms with Crippen LogP contribution in [0.25, 0.3) is 10.2 Å². The third-order valence-electron chi connectivity index (χ3n) is 5.39. The molecule has 0 saturated carbocycles. The SMILES string of the molecule is Cc1nc(Cl)c(Cl)n1Cc1sc2c(c1C(=O)N1C[C@@H](O)CO1)c(=O)n(C)c(=O)n2CC(C)C. The fourth-order valence-electron chi connectivity index (χ4n) is 3.81. The van der Waals surface area contributed by atoms with Gasteiger partial charge in [0.1, 0.15) is 28.5 Å². The molecule has 1 N–H and O–H groups in total. The van der Waals surface area contributed by atoms with Crippen LogP contribution in [0.15, 0.2) is 9.59 Å². The number of carbonyl (C=O) groups excluding carboxylic acids is 1. The Bertz CT molecular complexity index is 1370. The Hall–Kier alpha value is -2.18. The first-order valence-corrected chi connectivity index (χ1v) is 11.8. The van der Waals surface area contributed by atoms with Crippen molar-refractivity contribution in [3.63, 3.8) is 0 Å². The van der Waals surface area contributed by atoms with E-state index in [0.29, 0.717) is 22.1 Å². The van der Waals surface area contributed by atoms with Crippen molar-refractivity contribution in [2.75, 3.05) is 13.2 Å². The van der Waals surface area contributed by atoms with E-state index in [2.05, 4.69) is 4.98 Å². The molecule has 1 fully saturated rings. The monoisotopic (exact) mass is 515 g/mol. The molecule has 3 aromatic heterocycles. The minimum absolute atomic E-state index is 0.0265. The Kier molecular flexibility index (Phi) is 6.45. The van der Waals surface area contributed by atoms with Gasteiger partial charge >= 0.3 is 5.69 Å². The molecule has 0 unspecified atom stereocenters. The van der Waals surface area contributed by atoms with Crippen molar-refractivity contribution in [3.8, 4) is 0 Å². The molecule has 0 spiro atoms. The second-order valence-corrected chi connectivity index (χ2v) is 10.2. The Morgan fingerprint density at radius 2 is 2.00 bits per heavy atom. The fourth-order valence-corrected chi connectivity index (χ4v) is 5.53. The first kappa shape index (κ1) is 24.0. The van der Waals surface area contributed by atoms with Crippen LogP contribution in [0.3, 0.4) is 0 Å². The molecule has 0 aromatic carbocycles. The summed E-state index contributed by atoms with van der Waals surface area (Å²) in [5.41, 5.74) is -0.921. The second-order valence-electron chi connectivity index (χ2n) is 8.37. The summed E-state index contributed by atoms with van der Waals surface area (Å²) in [5, 5.41) is 11.3. The molecule has 13 heteroatoms. The third-order valence-corrected chi connectivity index (χ3v) is 7.33. The lowest BCUT2D eigenvalue weighted by Gasteiger charge is -2.15. The first-order valence-electron chi connectivity index (χ1n) is 10.3. The molecule has 4 rings (SSSR count). The molecule has 4 heterocycles. The van der Waals surface area contributed by atoms with Gasteiger partial charge in [0, 0.05) is 18.5 Å². The summed E-state index contributed by atoms with van der Waals surface area (Å²) in [6.45, 7) is 6.06. The van der Waals surface area contributed by atoms with E-state index in [9.17, 15) is 19.5 Å². The van der Waals surface area contributed by atoms with Crippen molar-refractivity contribution >= 4 is 50.7 Å². The van der Waals surface area contributed by atoms with Crippen molar-refractivity contribution in [3.05, 3.63) is 47.4 Å². The smallest absolute Gasteiger partial charge is 0.331 e. The summed E-state index contributed by atoms with van der Waals surface area (Å²) >= 11 is 13.6. The largest absolute Gasteiger partial charge is 0.389 e. The van der Waals surface area contributed by atoms with Gasteiger partial charge in [0.05, 0.1) is 24.0 Å². The summed E-state index contributed by atoms with van der Waals surface area (Å²) in [4.78, 5) is 50.1. The predicted octanol–water partition coefficient (Wildman–Crippen LogP) is 2.03. The average molecular weight is 516 g/mol. The molecule has 0 aliphatic carbocycles. The molecule has 10 nitrogen and oxygen atoms in total. The van der Waals surface area contributed by atoms with Crippen LogP contribution < -0.4 is 11.2 Å². The number of aryl methyl sites for hydroxylation is 1. The van der Waals surface area contributed by atoms with Gasteiger partial charge in [-0.3, -0.25) is 23.6 Å². The number of aliphatic hydroxyl groups excluding tert-OH is 1. The van der Waals surface area contributed by atoms with Crippen molar-refractivity contribution in [1.82, 2.24) is 23.7 Å². The number of β-amino-alcohol motifs (C(OH)–C–C–N with tert-alkyl or cyclic N) is 1. The number of rotatable bonds is 5. The van der Waals surface area contributed by atoms with Gasteiger partial charge in [0.15, 0.2) is 5.15 Å². The number of imidazole rings is 1. The number of fused-ring (bicyclic) bond motifs is 1. The topological polar surface area (TPSA) is 112 Å². The number of aliphatic hydroxyl groups is 1. The van der Waals surface area contributed by atoms with Crippen LogP contribution in [0.4, 0.5) is 0 Å². The Morgan fingerprint density at radius 3 is 2.55 bits per heavy atom. The van der Waals surface area contributed by atoms with Gasteiger partial charge in [-0.15, -0.1) is 11.3 Å². The van der Waals surface area contributed by atoms with Crippen molar-refractivity contribution in [2.24, 2.45) is 13.0 Å². The summed E-state index contributed by atoms with van der Waals surface area (Å²) in [5.74, 6) is 0.0788. The van der Waals surface area contributed by atoms with Crippen LogP contribution in [0.1, 0.15) is 34.9 Å². The number of amides is 1. The summed E-state index contributed by atoms with van der Waals surface area (Å²) < 4.78 is 4.14. The Labute approximate surface area is 202 Å². The lowest BCUT2D eigenvalue weighted by Crippen LogP contribution is -2.39. The number of hydrogen-bond donors (Lipinski definition) is 1. The molecule has 1 saturated heterocycles. The summed E-state index contributed by atoms with van der Waals surface area (Å²) in [7, 11) is 1.39. The minimum Gasteiger partial charge on any atom is -0.389 e. The third kappa shape index (κ3) is 4.12. The summed E-state index contributed by atoms with van der Waals surface area (Å²) in [6, 6.07) is 0. The quantitative estimate of drug-likeness (QED) is 0.556. The molecule has 0 bridgehead atoms. The van der Waals surface area contributed by atoms with E-state index in [-0.39, 0.29) is 46.9 Å². The lowest BCUT2D eigenvalue weighted by atomic mass is 10.1. The van der Waals surface area contributed by atoms with Crippen LogP contribution in [0.5, 0.6) is 0 Å². The van der Waals surface area contributed by atoms with Gasteiger partial charge in [-0.1, -0.05) is 37.0 Å². The second kappa shape index (κ2) is 8.88. The molecule has 1 aliphatic rings. The van der Waals surface area contributed by atoms with E-state index >= 15 is 0 Å². The number of halogens is 2. The van der Waals surface area contributed by atoms with Crippen LogP contribution in [0, 0.1) is 12.8 Å². The lowest BCUT2D eigenvalue weighted by molar-refractivity contribution is -0.0778. The Morgan fingerprint density at radius 1 is 1.30 bits per heavy atom. The average Bonchev–Trinajstić information content (AvgIpc) is 3.41. The molecular formula is C20H23Cl2N5O5S. The molecule has 1 amide bonds. The van der Waals surface area contributed by atoms with E-state index in [4.69, 9.17) is 28.0 Å². The highest BCUT2D eigenvalue weighted by Gasteiger charge is 2.33. The summed E-state index contributed by atoms with van der Waals surface area (Å²) in [6.07, 6.45) is -0.826. The van der Waals surface area contributed by atoms with E-state index < -0.39 is 23.3 Å². The highest BCUT2D eigenvalue weighted by atomic mass is 35.5. The molecule has 1 atom stereocenters. The number of hydroxylamine groups is 2. The van der Waals surface area contributed by atoms with Gasteiger partial charge in [-0.05, 0) is 12.8 Å². The van der Waals surface area contributed by atoms with Crippen molar-refractivity contribution < 1.29 is 14.7 Å². The zero-order chi connectivity index (χ0) is 24.2. The zero-order valence-electron chi connectivity index (χ0n) is 18.5. The van der Waals surface area contributed by atoms with Crippen LogP contribution >= 0.6 is 34.5 Å². The van der Waals surface area contributed by atoms with E-state index in [0.717, 1.165) is 9.63 Å². The van der Waals surface area contributed by atoms with Crippen LogP contribution in [0.2, 0.25) is 10.3 Å². The molecule has 33 heavy (non-hydrogen) atoms. The minimum atomic E-state index is -0.826. The van der Waals surface area contributed by atoms with Crippen LogP contribution in [-0.2, 0) is 25.0 Å². The van der Waals surface area contributed by atoms with Gasteiger partial charge in [0.2, 0.25) is 0 Å². The highest BCUT2D eigenvalue weighted by Crippen LogP contribution is 2.33. The molecule has 3 aromatic rings. The maximum atomic E-state index is 13.5. The highest BCUT2D eigenvalue weighted by molar-refractivity contribution is 7.19. The van der Waals surface area contributed by atoms with Gasteiger partial charge in [-0.2, -0.15) is 0 Å². The van der Waals surface area contributed by atoms with E-state index in [1.165, 1.54) is 23.0 Å². The van der Waals surface area contributed by atoms with Gasteiger partial charge in [-0.25, -0.2) is 14.8 Å².